The summed E-state index contributed by atoms with van der Waals surface area (Å²) in [6.45, 7) is 3.54. The van der Waals surface area contributed by atoms with E-state index in [1.807, 2.05) is 26.5 Å². The minimum Gasteiger partial charge on any atom is -0.389 e. The Morgan fingerprint density at radius 1 is 1.24 bits per heavy atom. The molecule has 0 spiro atoms. The van der Waals surface area contributed by atoms with Crippen LogP contribution in [0.3, 0.4) is 0 Å². The molecule has 0 amide bonds. The first-order chi connectivity index (χ1) is 12.1. The van der Waals surface area contributed by atoms with Crippen molar-refractivity contribution in [2.24, 2.45) is 0 Å². The molecule has 25 heavy (non-hydrogen) atoms. The van der Waals surface area contributed by atoms with E-state index in [2.05, 4.69) is 25.1 Å². The summed E-state index contributed by atoms with van der Waals surface area (Å²) < 4.78 is 5.41. The SMILES string of the molecule is CNc1ncc(CN2CCC(N(C)[C@@H]3COC[C@@H](O)[C@H]3O)CC2)cn1. The number of likely N-dealkylation sites (tertiary alicyclic amines) is 1. The second-order valence-corrected chi connectivity index (χ2v) is 7.00. The first-order valence-corrected chi connectivity index (χ1v) is 8.95. The van der Waals surface area contributed by atoms with Crippen molar-refractivity contribution in [3.63, 3.8) is 0 Å². The fourth-order valence-corrected chi connectivity index (χ4v) is 3.70. The summed E-state index contributed by atoms with van der Waals surface area (Å²) in [5.74, 6) is 0.638. The average Bonchev–Trinajstić information content (AvgIpc) is 2.65. The van der Waals surface area contributed by atoms with Gasteiger partial charge in [-0.3, -0.25) is 9.80 Å². The highest BCUT2D eigenvalue weighted by molar-refractivity contribution is 5.23. The van der Waals surface area contributed by atoms with Gasteiger partial charge in [-0.15, -0.1) is 0 Å². The second kappa shape index (κ2) is 8.37. The number of hydrogen-bond acceptors (Lipinski definition) is 8. The predicted molar refractivity (Wildman–Crippen MR) is 94.3 cm³/mol. The topological polar surface area (TPSA) is 94.0 Å². The third-order valence-corrected chi connectivity index (χ3v) is 5.36. The van der Waals surface area contributed by atoms with Gasteiger partial charge in [0.15, 0.2) is 0 Å². The van der Waals surface area contributed by atoms with E-state index in [-0.39, 0.29) is 12.6 Å². The fourth-order valence-electron chi connectivity index (χ4n) is 3.70. The molecule has 8 nitrogen and oxygen atoms in total. The molecule has 0 aromatic carbocycles. The first kappa shape index (κ1) is 18.5. The highest BCUT2D eigenvalue weighted by Crippen LogP contribution is 2.23. The maximum atomic E-state index is 10.2. The molecule has 3 heterocycles. The van der Waals surface area contributed by atoms with E-state index in [4.69, 9.17) is 4.74 Å². The molecule has 2 saturated heterocycles. The maximum Gasteiger partial charge on any atom is 0.222 e. The second-order valence-electron chi connectivity index (χ2n) is 7.00. The van der Waals surface area contributed by atoms with Gasteiger partial charge in [-0.1, -0.05) is 0 Å². The lowest BCUT2D eigenvalue weighted by Crippen LogP contribution is -2.58. The number of ether oxygens (including phenoxy) is 1. The number of nitrogens with zero attached hydrogens (tertiary/aromatic N) is 4. The molecule has 1 aromatic heterocycles. The lowest BCUT2D eigenvalue weighted by molar-refractivity contribution is -0.137. The number of rotatable bonds is 5. The molecule has 8 heteroatoms. The van der Waals surface area contributed by atoms with Crippen molar-refractivity contribution in [3.8, 4) is 0 Å². The van der Waals surface area contributed by atoms with E-state index >= 15 is 0 Å². The maximum absolute atomic E-state index is 10.2. The molecule has 0 saturated carbocycles. The summed E-state index contributed by atoms with van der Waals surface area (Å²) in [4.78, 5) is 13.1. The van der Waals surface area contributed by atoms with Gasteiger partial charge in [-0.2, -0.15) is 0 Å². The van der Waals surface area contributed by atoms with Crippen LogP contribution in [0, 0.1) is 0 Å². The minimum absolute atomic E-state index is 0.136. The number of aliphatic hydroxyl groups excluding tert-OH is 2. The largest absolute Gasteiger partial charge is 0.389 e. The molecule has 0 unspecified atom stereocenters. The number of likely N-dealkylation sites (N-methyl/N-ethyl adjacent to an activating group) is 1. The highest BCUT2D eigenvalue weighted by atomic mass is 16.5. The number of nitrogens with one attached hydrogen (secondary N) is 1. The van der Waals surface area contributed by atoms with Gasteiger partial charge >= 0.3 is 0 Å². The Kier molecular flexibility index (Phi) is 6.19. The summed E-state index contributed by atoms with van der Waals surface area (Å²) in [6, 6.07) is 0.260. The molecule has 0 radical (unpaired) electrons. The van der Waals surface area contributed by atoms with Gasteiger partial charge in [0.1, 0.15) is 6.10 Å². The van der Waals surface area contributed by atoms with Gasteiger partial charge in [0.2, 0.25) is 5.95 Å². The molecule has 140 valence electrons. The van der Waals surface area contributed by atoms with Gasteiger partial charge < -0.3 is 20.3 Å². The van der Waals surface area contributed by atoms with Crippen LogP contribution in [0.5, 0.6) is 0 Å². The van der Waals surface area contributed by atoms with Crippen LogP contribution in [0.15, 0.2) is 12.4 Å². The Hall–Kier alpha value is -1.32. The fraction of sp³-hybridized carbons (Fsp3) is 0.765. The Balaban J connectivity index is 1.49. The van der Waals surface area contributed by atoms with Crippen LogP contribution in [0.2, 0.25) is 0 Å². The molecule has 2 fully saturated rings. The quantitative estimate of drug-likeness (QED) is 0.656. The van der Waals surface area contributed by atoms with Crippen molar-refractivity contribution in [1.29, 1.82) is 0 Å². The molecule has 0 bridgehead atoms. The van der Waals surface area contributed by atoms with Gasteiger partial charge in [0.25, 0.3) is 0 Å². The van der Waals surface area contributed by atoms with Crippen molar-refractivity contribution in [2.45, 2.75) is 43.7 Å². The molecule has 1 aromatic rings. The monoisotopic (exact) mass is 351 g/mol. The molecular formula is C17H29N5O3. The van der Waals surface area contributed by atoms with E-state index in [0.29, 0.717) is 18.6 Å². The average molecular weight is 351 g/mol. The Morgan fingerprint density at radius 3 is 2.56 bits per heavy atom. The van der Waals surface area contributed by atoms with Crippen LogP contribution in [-0.2, 0) is 11.3 Å². The van der Waals surface area contributed by atoms with E-state index < -0.39 is 12.2 Å². The molecule has 2 aliphatic rings. The van der Waals surface area contributed by atoms with Crippen LogP contribution >= 0.6 is 0 Å². The van der Waals surface area contributed by atoms with Crippen molar-refractivity contribution in [3.05, 3.63) is 18.0 Å². The van der Waals surface area contributed by atoms with Crippen LogP contribution in [0.25, 0.3) is 0 Å². The number of hydrogen-bond donors (Lipinski definition) is 3. The summed E-state index contributed by atoms with van der Waals surface area (Å²) >= 11 is 0. The highest BCUT2D eigenvalue weighted by Gasteiger charge is 2.37. The predicted octanol–water partition coefficient (Wildman–Crippen LogP) is -0.465. The van der Waals surface area contributed by atoms with Crippen LogP contribution in [0.1, 0.15) is 18.4 Å². The number of piperidine rings is 1. The smallest absolute Gasteiger partial charge is 0.222 e. The lowest BCUT2D eigenvalue weighted by Gasteiger charge is -2.44. The zero-order valence-corrected chi connectivity index (χ0v) is 15.0. The minimum atomic E-state index is -0.790. The zero-order valence-electron chi connectivity index (χ0n) is 15.0. The van der Waals surface area contributed by atoms with Crippen LogP contribution in [-0.4, -0.2) is 94.7 Å². The van der Waals surface area contributed by atoms with Crippen molar-refractivity contribution in [1.82, 2.24) is 19.8 Å². The Bertz CT molecular complexity index is 536. The van der Waals surface area contributed by atoms with Crippen molar-refractivity contribution < 1.29 is 14.9 Å². The van der Waals surface area contributed by atoms with Gasteiger partial charge in [-0.25, -0.2) is 9.97 Å². The molecule has 3 N–H and O–H groups in total. The summed E-state index contributed by atoms with van der Waals surface area (Å²) in [6.07, 6.45) is 4.28. The third kappa shape index (κ3) is 4.45. The van der Waals surface area contributed by atoms with Gasteiger partial charge in [0.05, 0.1) is 25.4 Å². The third-order valence-electron chi connectivity index (χ3n) is 5.36. The van der Waals surface area contributed by atoms with Crippen LogP contribution < -0.4 is 5.32 Å². The molecule has 3 rings (SSSR count). The summed E-state index contributed by atoms with van der Waals surface area (Å²) in [5.41, 5.74) is 1.12. The lowest BCUT2D eigenvalue weighted by atomic mass is 9.97. The molecule has 0 aliphatic carbocycles. The van der Waals surface area contributed by atoms with Crippen LogP contribution in [0.4, 0.5) is 5.95 Å². The van der Waals surface area contributed by atoms with Crippen molar-refractivity contribution in [2.75, 3.05) is 45.7 Å². The molecular weight excluding hydrogens is 322 g/mol. The van der Waals surface area contributed by atoms with E-state index in [0.717, 1.165) is 38.0 Å². The molecule has 2 aliphatic heterocycles. The molecule has 3 atom stereocenters. The summed E-state index contributed by atoms with van der Waals surface area (Å²) in [7, 11) is 3.84. The number of aromatic nitrogens is 2. The van der Waals surface area contributed by atoms with Gasteiger partial charge in [-0.05, 0) is 33.0 Å². The summed E-state index contributed by atoms with van der Waals surface area (Å²) in [5, 5.41) is 23.0. The number of anilines is 1. The zero-order chi connectivity index (χ0) is 17.8. The van der Waals surface area contributed by atoms with E-state index in [1.165, 1.54) is 0 Å². The van der Waals surface area contributed by atoms with E-state index in [9.17, 15) is 10.2 Å². The van der Waals surface area contributed by atoms with Crippen molar-refractivity contribution >= 4 is 5.95 Å². The standard InChI is InChI=1S/C17H29N5O3/c1-18-17-19-7-12(8-20-17)9-22-5-3-13(4-6-22)21(2)14-10-25-11-15(23)16(14)24/h7-8,13-16,23-24H,3-6,9-11H2,1-2H3,(H,18,19,20)/t14-,15-,16+/m1/s1. The first-order valence-electron chi connectivity index (χ1n) is 8.95. The Labute approximate surface area is 148 Å². The Morgan fingerprint density at radius 2 is 1.92 bits per heavy atom. The normalized spacial score (nSPS) is 29.1. The number of aliphatic hydroxyl groups is 2. The van der Waals surface area contributed by atoms with E-state index in [1.54, 1.807) is 0 Å². The van der Waals surface area contributed by atoms with Gasteiger partial charge in [0, 0.05) is 37.6 Å².